The SMILES string of the molecule is CCN(C(=O)c1ccc2n1Cc1ccccc1N(C(=O)c1ccc(C3=C(C)[C@H](O)CCC3)c(C)c1)C2)c1cccnc1. The molecule has 0 bridgehead atoms. The number of aliphatic hydroxyl groups is 1. The molecule has 3 heterocycles. The van der Waals surface area contributed by atoms with E-state index in [1.165, 1.54) is 5.57 Å². The van der Waals surface area contributed by atoms with Gasteiger partial charge < -0.3 is 19.5 Å². The van der Waals surface area contributed by atoms with E-state index in [4.69, 9.17) is 0 Å². The van der Waals surface area contributed by atoms with Crippen LogP contribution in [0.5, 0.6) is 0 Å². The molecule has 2 amide bonds. The van der Waals surface area contributed by atoms with Crippen molar-refractivity contribution in [3.63, 3.8) is 0 Å². The van der Waals surface area contributed by atoms with E-state index in [2.05, 4.69) is 4.98 Å². The normalized spacial score (nSPS) is 16.5. The molecule has 6 rings (SSSR count). The van der Waals surface area contributed by atoms with Gasteiger partial charge in [0.2, 0.25) is 0 Å². The number of benzene rings is 2. The number of rotatable bonds is 5. The third-order valence-corrected chi connectivity index (χ3v) is 8.66. The number of allylic oxidation sites excluding steroid dienone is 1. The van der Waals surface area contributed by atoms with E-state index >= 15 is 0 Å². The van der Waals surface area contributed by atoms with Crippen molar-refractivity contribution in [3.05, 3.63) is 118 Å². The molecule has 0 saturated heterocycles. The Bertz CT molecular complexity index is 1690. The first-order valence-electron chi connectivity index (χ1n) is 14.7. The number of para-hydroxylation sites is 1. The van der Waals surface area contributed by atoms with Gasteiger partial charge in [-0.3, -0.25) is 14.6 Å². The van der Waals surface area contributed by atoms with Gasteiger partial charge in [-0.05, 0) is 110 Å². The molecule has 0 unspecified atom stereocenters. The summed E-state index contributed by atoms with van der Waals surface area (Å²) in [6, 6.07) is 21.4. The lowest BCUT2D eigenvalue weighted by atomic mass is 9.84. The predicted molar refractivity (Wildman–Crippen MR) is 166 cm³/mol. The van der Waals surface area contributed by atoms with Crippen molar-refractivity contribution in [2.75, 3.05) is 16.3 Å². The van der Waals surface area contributed by atoms with E-state index < -0.39 is 6.10 Å². The van der Waals surface area contributed by atoms with Gasteiger partial charge in [-0.25, -0.2) is 0 Å². The summed E-state index contributed by atoms with van der Waals surface area (Å²) in [5.74, 6) is -0.183. The number of aryl methyl sites for hydroxylation is 1. The molecule has 0 spiro atoms. The van der Waals surface area contributed by atoms with E-state index in [1.54, 1.807) is 17.3 Å². The number of carbonyl (C=O) groups is 2. The van der Waals surface area contributed by atoms with E-state index in [9.17, 15) is 14.7 Å². The smallest absolute Gasteiger partial charge is 0.274 e. The number of pyridine rings is 1. The summed E-state index contributed by atoms with van der Waals surface area (Å²) in [5.41, 5.74) is 9.01. The molecule has 2 aliphatic rings. The van der Waals surface area contributed by atoms with Gasteiger partial charge >= 0.3 is 0 Å². The van der Waals surface area contributed by atoms with E-state index in [1.807, 2.05) is 97.0 Å². The van der Waals surface area contributed by atoms with Crippen LogP contribution in [0, 0.1) is 6.92 Å². The molecule has 1 aliphatic carbocycles. The minimum absolute atomic E-state index is 0.0837. The maximum Gasteiger partial charge on any atom is 0.274 e. The van der Waals surface area contributed by atoms with Crippen molar-refractivity contribution in [2.24, 2.45) is 0 Å². The van der Waals surface area contributed by atoms with Crippen LogP contribution in [-0.2, 0) is 13.1 Å². The first kappa shape index (κ1) is 27.7. The fourth-order valence-electron chi connectivity index (χ4n) is 6.35. The average molecular weight is 561 g/mol. The topological polar surface area (TPSA) is 78.7 Å². The Labute approximate surface area is 246 Å². The summed E-state index contributed by atoms with van der Waals surface area (Å²) in [5, 5.41) is 10.4. The Morgan fingerprint density at radius 3 is 2.62 bits per heavy atom. The van der Waals surface area contributed by atoms with Crippen LogP contribution in [0.3, 0.4) is 0 Å². The van der Waals surface area contributed by atoms with Gasteiger partial charge in [0.25, 0.3) is 11.8 Å². The van der Waals surface area contributed by atoms with Crippen molar-refractivity contribution in [1.29, 1.82) is 0 Å². The first-order valence-corrected chi connectivity index (χ1v) is 14.7. The van der Waals surface area contributed by atoms with Crippen LogP contribution < -0.4 is 9.80 Å². The molecule has 2 aromatic heterocycles. The number of nitrogens with zero attached hydrogens (tertiary/aromatic N) is 4. The van der Waals surface area contributed by atoms with E-state index in [0.29, 0.717) is 30.9 Å². The van der Waals surface area contributed by atoms with Gasteiger partial charge in [0.15, 0.2) is 0 Å². The van der Waals surface area contributed by atoms with Crippen molar-refractivity contribution in [2.45, 2.75) is 59.2 Å². The van der Waals surface area contributed by atoms with Crippen LogP contribution >= 0.6 is 0 Å². The molecule has 0 radical (unpaired) electrons. The minimum atomic E-state index is -0.398. The zero-order valence-corrected chi connectivity index (χ0v) is 24.4. The Morgan fingerprint density at radius 2 is 1.86 bits per heavy atom. The number of fused-ring (bicyclic) bond motifs is 2. The van der Waals surface area contributed by atoms with Crippen LogP contribution in [-0.4, -0.2) is 39.1 Å². The van der Waals surface area contributed by atoms with Gasteiger partial charge in [-0.2, -0.15) is 0 Å². The Kier molecular flexibility index (Phi) is 7.52. The molecule has 0 saturated carbocycles. The monoisotopic (exact) mass is 560 g/mol. The molecule has 2 aromatic carbocycles. The molecule has 1 atom stereocenters. The number of hydrogen-bond acceptors (Lipinski definition) is 4. The third kappa shape index (κ3) is 4.94. The number of anilines is 2. The highest BCUT2D eigenvalue weighted by atomic mass is 16.3. The van der Waals surface area contributed by atoms with Crippen molar-refractivity contribution >= 4 is 28.8 Å². The fourth-order valence-corrected chi connectivity index (χ4v) is 6.35. The lowest BCUT2D eigenvalue weighted by Crippen LogP contribution is -2.33. The fraction of sp³-hybridized carbons (Fsp3) is 0.286. The van der Waals surface area contributed by atoms with Gasteiger partial charge in [0.05, 0.1) is 31.1 Å². The van der Waals surface area contributed by atoms with Crippen LogP contribution in [0.1, 0.15) is 76.3 Å². The molecule has 214 valence electrons. The largest absolute Gasteiger partial charge is 0.389 e. The molecule has 1 aliphatic heterocycles. The van der Waals surface area contributed by atoms with E-state index in [0.717, 1.165) is 58.6 Å². The van der Waals surface area contributed by atoms with Gasteiger partial charge in [0.1, 0.15) is 5.69 Å². The molecule has 0 fully saturated rings. The standard InChI is InChI=1S/C35H36N4O3/c1-4-37(27-10-8-18-36-20-27)35(42)32-17-15-28-22-39(31-12-6-5-9-26(31)21-38(28)32)34(41)25-14-16-29(23(2)19-25)30-11-7-13-33(40)24(30)3/h5-6,8-10,12,14-20,33,40H,4,7,11,13,21-22H2,1-3H3/t33-/m1/s1. The first-order chi connectivity index (χ1) is 20.4. The Morgan fingerprint density at radius 1 is 1.02 bits per heavy atom. The molecular weight excluding hydrogens is 524 g/mol. The summed E-state index contributed by atoms with van der Waals surface area (Å²) in [7, 11) is 0. The summed E-state index contributed by atoms with van der Waals surface area (Å²) in [6.45, 7) is 7.34. The van der Waals surface area contributed by atoms with Crippen LogP contribution in [0.25, 0.3) is 5.57 Å². The third-order valence-electron chi connectivity index (χ3n) is 8.66. The number of amides is 2. The Balaban J connectivity index is 1.35. The highest BCUT2D eigenvalue weighted by Gasteiger charge is 2.29. The molecular formula is C35H36N4O3. The second-order valence-electron chi connectivity index (χ2n) is 11.2. The summed E-state index contributed by atoms with van der Waals surface area (Å²) in [4.78, 5) is 35.7. The predicted octanol–water partition coefficient (Wildman–Crippen LogP) is 6.39. The number of aliphatic hydroxyl groups excluding tert-OH is 1. The van der Waals surface area contributed by atoms with Crippen molar-refractivity contribution < 1.29 is 14.7 Å². The van der Waals surface area contributed by atoms with Crippen LogP contribution in [0.15, 0.2) is 84.7 Å². The van der Waals surface area contributed by atoms with Gasteiger partial charge in [-0.1, -0.05) is 24.3 Å². The number of aromatic nitrogens is 2. The summed E-state index contributed by atoms with van der Waals surface area (Å²) >= 11 is 0. The number of hydrogen-bond donors (Lipinski definition) is 1. The average Bonchev–Trinajstić information content (AvgIpc) is 3.32. The number of carbonyl (C=O) groups excluding carboxylic acids is 2. The highest BCUT2D eigenvalue weighted by molar-refractivity contribution is 6.07. The summed E-state index contributed by atoms with van der Waals surface area (Å²) < 4.78 is 2.03. The van der Waals surface area contributed by atoms with Crippen molar-refractivity contribution in [3.8, 4) is 0 Å². The quantitative estimate of drug-likeness (QED) is 0.307. The van der Waals surface area contributed by atoms with Crippen LogP contribution in [0.2, 0.25) is 0 Å². The zero-order chi connectivity index (χ0) is 29.4. The van der Waals surface area contributed by atoms with Crippen LogP contribution in [0.4, 0.5) is 11.4 Å². The lowest BCUT2D eigenvalue weighted by Gasteiger charge is -2.25. The highest BCUT2D eigenvalue weighted by Crippen LogP contribution is 2.35. The molecule has 42 heavy (non-hydrogen) atoms. The molecule has 7 nitrogen and oxygen atoms in total. The zero-order valence-electron chi connectivity index (χ0n) is 24.4. The maximum absolute atomic E-state index is 14.1. The summed E-state index contributed by atoms with van der Waals surface area (Å²) in [6.07, 6.45) is 5.69. The minimum Gasteiger partial charge on any atom is -0.389 e. The van der Waals surface area contributed by atoms with Gasteiger partial charge in [-0.15, -0.1) is 0 Å². The van der Waals surface area contributed by atoms with E-state index in [-0.39, 0.29) is 11.8 Å². The second-order valence-corrected chi connectivity index (χ2v) is 11.2. The molecule has 7 heteroatoms. The van der Waals surface area contributed by atoms with Gasteiger partial charge in [0, 0.05) is 29.7 Å². The lowest BCUT2D eigenvalue weighted by molar-refractivity contribution is 0.0976. The molecule has 1 N–H and O–H groups in total. The van der Waals surface area contributed by atoms with Crippen molar-refractivity contribution in [1.82, 2.24) is 9.55 Å². The second kappa shape index (κ2) is 11.4. The Hall–Kier alpha value is -4.49. The molecule has 4 aromatic rings. The maximum atomic E-state index is 14.1.